The summed E-state index contributed by atoms with van der Waals surface area (Å²) in [5, 5.41) is 5.01. The topological polar surface area (TPSA) is 51.2 Å². The first-order chi connectivity index (χ1) is 12.5. The standard InChI is InChI=1S/C21H18N2O2S/c1-12-4-6-14-10-15-11-19(26-21(15)23-16(14)8-12)20(24)22-17-9-13(2)5-7-18(17)25-3/h4-11H,1-3H3,(H,22,24). The van der Waals surface area contributed by atoms with Crippen LogP contribution < -0.4 is 10.1 Å². The summed E-state index contributed by atoms with van der Waals surface area (Å²) in [6.07, 6.45) is 0. The first kappa shape index (κ1) is 16.5. The molecule has 4 nitrogen and oxygen atoms in total. The second kappa shape index (κ2) is 6.42. The van der Waals surface area contributed by atoms with Crippen molar-refractivity contribution in [3.8, 4) is 5.75 Å². The van der Waals surface area contributed by atoms with Crippen LogP contribution in [0.2, 0.25) is 0 Å². The van der Waals surface area contributed by atoms with Crippen molar-refractivity contribution < 1.29 is 9.53 Å². The molecule has 4 aromatic rings. The number of hydrogen-bond acceptors (Lipinski definition) is 4. The zero-order valence-electron chi connectivity index (χ0n) is 14.8. The van der Waals surface area contributed by atoms with Gasteiger partial charge in [0, 0.05) is 10.8 Å². The van der Waals surface area contributed by atoms with Crippen molar-refractivity contribution in [3.63, 3.8) is 0 Å². The molecule has 0 aliphatic carbocycles. The van der Waals surface area contributed by atoms with Crippen LogP contribution in [-0.4, -0.2) is 18.0 Å². The van der Waals surface area contributed by atoms with Gasteiger partial charge in [-0.2, -0.15) is 0 Å². The Balaban J connectivity index is 1.71. The van der Waals surface area contributed by atoms with E-state index in [2.05, 4.69) is 29.6 Å². The third kappa shape index (κ3) is 3.02. The van der Waals surface area contributed by atoms with Crippen LogP contribution >= 0.6 is 11.3 Å². The molecule has 0 aliphatic rings. The lowest BCUT2D eigenvalue weighted by Gasteiger charge is -2.10. The lowest BCUT2D eigenvalue weighted by molar-refractivity contribution is 0.103. The van der Waals surface area contributed by atoms with E-state index in [1.165, 1.54) is 16.9 Å². The van der Waals surface area contributed by atoms with Crippen LogP contribution in [0.15, 0.2) is 48.5 Å². The molecule has 4 rings (SSSR count). The zero-order chi connectivity index (χ0) is 18.3. The Morgan fingerprint density at radius 2 is 1.77 bits per heavy atom. The Morgan fingerprint density at radius 1 is 1.00 bits per heavy atom. The number of anilines is 1. The second-order valence-corrected chi connectivity index (χ2v) is 7.38. The van der Waals surface area contributed by atoms with E-state index < -0.39 is 0 Å². The fraction of sp³-hybridized carbons (Fsp3) is 0.143. The molecule has 0 radical (unpaired) electrons. The van der Waals surface area contributed by atoms with Crippen LogP contribution in [0, 0.1) is 13.8 Å². The first-order valence-corrected chi connectivity index (χ1v) is 9.12. The van der Waals surface area contributed by atoms with E-state index in [1.807, 2.05) is 38.1 Å². The molecule has 0 fully saturated rings. The smallest absolute Gasteiger partial charge is 0.265 e. The van der Waals surface area contributed by atoms with Crippen molar-refractivity contribution in [2.24, 2.45) is 0 Å². The Morgan fingerprint density at radius 3 is 2.58 bits per heavy atom. The van der Waals surface area contributed by atoms with Crippen molar-refractivity contribution in [3.05, 3.63) is 64.5 Å². The highest BCUT2D eigenvalue weighted by Gasteiger charge is 2.14. The van der Waals surface area contributed by atoms with Gasteiger partial charge in [0.15, 0.2) is 0 Å². The molecular weight excluding hydrogens is 344 g/mol. The number of pyridine rings is 1. The van der Waals surface area contributed by atoms with Gasteiger partial charge in [-0.15, -0.1) is 11.3 Å². The Bertz CT molecular complexity index is 1150. The average Bonchev–Trinajstić information content (AvgIpc) is 3.03. The van der Waals surface area contributed by atoms with E-state index in [-0.39, 0.29) is 5.91 Å². The number of ether oxygens (including phenoxy) is 1. The number of amides is 1. The third-order valence-corrected chi connectivity index (χ3v) is 5.33. The van der Waals surface area contributed by atoms with Gasteiger partial charge in [0.2, 0.25) is 0 Å². The summed E-state index contributed by atoms with van der Waals surface area (Å²) in [5.74, 6) is 0.488. The van der Waals surface area contributed by atoms with E-state index in [9.17, 15) is 4.79 Å². The largest absolute Gasteiger partial charge is 0.495 e. The zero-order valence-corrected chi connectivity index (χ0v) is 15.6. The Hall–Kier alpha value is -2.92. The summed E-state index contributed by atoms with van der Waals surface area (Å²) in [6.45, 7) is 4.03. The number of fused-ring (bicyclic) bond motifs is 2. The molecule has 0 saturated heterocycles. The number of benzene rings is 2. The molecule has 0 unspecified atom stereocenters. The molecule has 0 bridgehead atoms. The summed E-state index contributed by atoms with van der Waals surface area (Å²) >= 11 is 1.40. The molecule has 26 heavy (non-hydrogen) atoms. The number of carbonyl (C=O) groups excluding carboxylic acids is 1. The molecule has 2 heterocycles. The molecule has 1 N–H and O–H groups in total. The van der Waals surface area contributed by atoms with Crippen LogP contribution in [0.4, 0.5) is 5.69 Å². The number of nitrogens with zero attached hydrogens (tertiary/aromatic N) is 1. The van der Waals surface area contributed by atoms with E-state index in [4.69, 9.17) is 9.72 Å². The van der Waals surface area contributed by atoms with Crippen molar-refractivity contribution in [1.29, 1.82) is 0 Å². The van der Waals surface area contributed by atoms with Crippen LogP contribution in [0.1, 0.15) is 20.8 Å². The second-order valence-electron chi connectivity index (χ2n) is 6.35. The Labute approximate surface area is 155 Å². The first-order valence-electron chi connectivity index (χ1n) is 8.30. The molecular formula is C21H18N2O2S. The lowest BCUT2D eigenvalue weighted by atomic mass is 10.1. The van der Waals surface area contributed by atoms with Crippen LogP contribution in [0.5, 0.6) is 5.75 Å². The summed E-state index contributed by atoms with van der Waals surface area (Å²) in [6, 6.07) is 15.9. The Kier molecular flexibility index (Phi) is 4.09. The normalized spacial score (nSPS) is 11.0. The van der Waals surface area contributed by atoms with Crippen molar-refractivity contribution in [2.75, 3.05) is 12.4 Å². The van der Waals surface area contributed by atoms with Crippen LogP contribution in [0.25, 0.3) is 21.1 Å². The van der Waals surface area contributed by atoms with Crippen LogP contribution in [-0.2, 0) is 0 Å². The van der Waals surface area contributed by atoms with Crippen molar-refractivity contribution >= 4 is 44.1 Å². The van der Waals surface area contributed by atoms with Gasteiger partial charge in [-0.3, -0.25) is 4.79 Å². The highest BCUT2D eigenvalue weighted by Crippen LogP contribution is 2.30. The van der Waals surface area contributed by atoms with Crippen molar-refractivity contribution in [1.82, 2.24) is 4.98 Å². The quantitative estimate of drug-likeness (QED) is 0.536. The average molecular weight is 362 g/mol. The van der Waals surface area contributed by atoms with Gasteiger partial charge in [0.05, 0.1) is 23.2 Å². The van der Waals surface area contributed by atoms with Gasteiger partial charge in [0.25, 0.3) is 5.91 Å². The highest BCUT2D eigenvalue weighted by molar-refractivity contribution is 7.20. The van der Waals surface area contributed by atoms with E-state index in [0.29, 0.717) is 16.3 Å². The number of nitrogens with one attached hydrogen (secondary N) is 1. The predicted molar refractivity (Wildman–Crippen MR) is 108 cm³/mol. The summed E-state index contributed by atoms with van der Waals surface area (Å²) < 4.78 is 5.34. The molecule has 0 saturated carbocycles. The number of hydrogen-bond donors (Lipinski definition) is 1. The maximum Gasteiger partial charge on any atom is 0.265 e. The maximum atomic E-state index is 12.7. The van der Waals surface area contributed by atoms with Gasteiger partial charge in [-0.05, 0) is 55.3 Å². The molecule has 1 amide bonds. The number of aryl methyl sites for hydroxylation is 2. The molecule has 130 valence electrons. The number of aromatic nitrogens is 1. The molecule has 2 aromatic heterocycles. The minimum atomic E-state index is -0.155. The lowest BCUT2D eigenvalue weighted by Crippen LogP contribution is -2.11. The minimum absolute atomic E-state index is 0.155. The number of thiophene rings is 1. The van der Waals surface area contributed by atoms with Crippen molar-refractivity contribution in [2.45, 2.75) is 13.8 Å². The fourth-order valence-electron chi connectivity index (χ4n) is 2.95. The monoisotopic (exact) mass is 362 g/mol. The summed E-state index contributed by atoms with van der Waals surface area (Å²) in [7, 11) is 1.59. The highest BCUT2D eigenvalue weighted by atomic mass is 32.1. The van der Waals surface area contributed by atoms with Crippen LogP contribution in [0.3, 0.4) is 0 Å². The summed E-state index contributed by atoms with van der Waals surface area (Å²) in [5.41, 5.74) is 3.85. The minimum Gasteiger partial charge on any atom is -0.495 e. The third-order valence-electron chi connectivity index (χ3n) is 4.29. The predicted octanol–water partition coefficient (Wildman–Crippen LogP) is 5.33. The van der Waals surface area contributed by atoms with Gasteiger partial charge in [0.1, 0.15) is 10.6 Å². The van der Waals surface area contributed by atoms with Gasteiger partial charge in [-0.1, -0.05) is 18.2 Å². The van der Waals surface area contributed by atoms with E-state index in [1.54, 1.807) is 7.11 Å². The van der Waals surface area contributed by atoms with Gasteiger partial charge < -0.3 is 10.1 Å². The SMILES string of the molecule is COc1ccc(C)cc1NC(=O)c1cc2cc3ccc(C)cc3nc2s1. The van der Waals surface area contributed by atoms with Gasteiger partial charge in [-0.25, -0.2) is 4.98 Å². The molecule has 0 aliphatic heterocycles. The molecule has 2 aromatic carbocycles. The number of carbonyl (C=O) groups is 1. The molecule has 0 atom stereocenters. The maximum absolute atomic E-state index is 12.7. The fourth-order valence-corrected chi connectivity index (χ4v) is 3.87. The number of methoxy groups -OCH3 is 1. The van der Waals surface area contributed by atoms with Gasteiger partial charge >= 0.3 is 0 Å². The number of rotatable bonds is 3. The van der Waals surface area contributed by atoms with E-state index in [0.717, 1.165) is 26.7 Å². The van der Waals surface area contributed by atoms with E-state index >= 15 is 0 Å². The molecule has 5 heteroatoms. The molecule has 0 spiro atoms. The summed E-state index contributed by atoms with van der Waals surface area (Å²) in [4.78, 5) is 18.9.